The molecule has 0 heterocycles. The van der Waals surface area contributed by atoms with E-state index in [1.54, 1.807) is 0 Å². The number of rotatable bonds is 3. The van der Waals surface area contributed by atoms with Gasteiger partial charge < -0.3 is 4.55 Å². The maximum atomic E-state index is 12.1. The Labute approximate surface area is 69.3 Å². The first kappa shape index (κ1) is 14.2. The smallest absolute Gasteiger partial charge is 0.364 e. The molecule has 0 amide bonds. The van der Waals surface area contributed by atoms with Crippen LogP contribution >= 0.6 is 0 Å². The predicted octanol–water partition coefficient (Wildman–Crippen LogP) is 1.51. The van der Waals surface area contributed by atoms with Crippen LogP contribution < -0.4 is 0 Å². The number of halogens is 3. The van der Waals surface area contributed by atoms with E-state index in [9.17, 15) is 26.1 Å². The van der Waals surface area contributed by atoms with Crippen LogP contribution in [0, 0.1) is 0 Å². The summed E-state index contributed by atoms with van der Waals surface area (Å²) in [5.74, 6) is 0. The van der Waals surface area contributed by atoms with Gasteiger partial charge in [0.25, 0.3) is 0 Å². The summed E-state index contributed by atoms with van der Waals surface area (Å²) in [5.41, 5.74) is 0. The van der Waals surface area contributed by atoms with Gasteiger partial charge in [-0.15, -0.1) is 0 Å². The monoisotopic (exact) mass is 207 g/mol. The third kappa shape index (κ3) is 2.63. The molecule has 0 rings (SSSR count). The Morgan fingerprint density at radius 2 is 1.83 bits per heavy atom. The lowest BCUT2D eigenvalue weighted by atomic mass is 10.3. The number of alkyl halides is 3. The molecule has 0 aliphatic heterocycles. The van der Waals surface area contributed by atoms with Crippen molar-refractivity contribution in [3.63, 3.8) is 0 Å². The molecule has 0 spiro atoms. The third-order valence-electron chi connectivity index (χ3n) is 1.06. The van der Waals surface area contributed by atoms with Crippen LogP contribution in [0.5, 0.6) is 0 Å². The molecule has 0 aliphatic carbocycles. The molecule has 76 valence electrons. The lowest BCUT2D eigenvalue weighted by molar-refractivity contribution is -0.00466. The minimum Gasteiger partial charge on any atom is -0.743 e. The zero-order valence-corrected chi connectivity index (χ0v) is 6.37. The molecule has 0 aliphatic rings. The molecule has 3 nitrogen and oxygen atoms in total. The first-order valence-corrected chi connectivity index (χ1v) is 4.11. The Hall–Kier alpha value is -0.300. The summed E-state index contributed by atoms with van der Waals surface area (Å²) in [5, 5.41) is -4.80. The number of hydrogen-bond donors (Lipinski definition) is 0. The molecule has 0 radical (unpaired) electrons. The summed E-state index contributed by atoms with van der Waals surface area (Å²) in [4.78, 5) is 0. The third-order valence-corrected chi connectivity index (χ3v) is 1.98. The molecule has 1 atom stereocenters. The van der Waals surface area contributed by atoms with Crippen molar-refractivity contribution in [2.45, 2.75) is 32.2 Å². The van der Waals surface area contributed by atoms with Crippen LogP contribution in [0.2, 0.25) is 0 Å². The first-order chi connectivity index (χ1) is 4.73. The molecule has 1 unspecified atom stereocenters. The van der Waals surface area contributed by atoms with Crippen LogP contribution in [0.1, 0.15) is 20.8 Å². The number of hydrogen-bond acceptors (Lipinski definition) is 3. The van der Waals surface area contributed by atoms with E-state index >= 15 is 0 Å². The highest BCUT2D eigenvalue weighted by Crippen LogP contribution is 2.28. The van der Waals surface area contributed by atoms with Gasteiger partial charge in [0.05, 0.1) is 0 Å². The second kappa shape index (κ2) is 4.08. The standard InChI is InChI=1S/C4H7F3O3S.CH4/c1-2-3(5)4(6,7)11(8,9)10;/h3H,2H2,1H3,(H,8,9,10);1H4/p-1. The zero-order chi connectivity index (χ0) is 9.28. The van der Waals surface area contributed by atoms with Gasteiger partial charge in [-0.25, -0.2) is 12.8 Å². The average Bonchev–Trinajstić information content (AvgIpc) is 1.83. The van der Waals surface area contributed by atoms with Crippen LogP contribution in [-0.2, 0) is 10.1 Å². The van der Waals surface area contributed by atoms with Crippen molar-refractivity contribution in [2.75, 3.05) is 0 Å². The molecule has 7 heteroatoms. The van der Waals surface area contributed by atoms with Crippen molar-refractivity contribution in [2.24, 2.45) is 0 Å². The van der Waals surface area contributed by atoms with Crippen molar-refractivity contribution in [3.8, 4) is 0 Å². The van der Waals surface area contributed by atoms with Crippen LogP contribution in [0.15, 0.2) is 0 Å². The second-order valence-electron chi connectivity index (χ2n) is 1.89. The normalized spacial score (nSPS) is 15.1. The molecule has 0 bridgehead atoms. The van der Waals surface area contributed by atoms with Gasteiger partial charge in [0.1, 0.15) is 0 Å². The largest absolute Gasteiger partial charge is 0.743 e. The summed E-state index contributed by atoms with van der Waals surface area (Å²) in [7, 11) is -5.87. The van der Waals surface area contributed by atoms with Crippen molar-refractivity contribution in [3.05, 3.63) is 0 Å². The van der Waals surface area contributed by atoms with E-state index in [-0.39, 0.29) is 7.43 Å². The van der Waals surface area contributed by atoms with E-state index in [1.165, 1.54) is 0 Å². The average molecular weight is 207 g/mol. The summed E-state index contributed by atoms with van der Waals surface area (Å²) < 4.78 is 65.3. The highest BCUT2D eigenvalue weighted by atomic mass is 32.2. The topological polar surface area (TPSA) is 57.2 Å². The Morgan fingerprint density at radius 3 is 1.92 bits per heavy atom. The van der Waals surface area contributed by atoms with Gasteiger partial charge in [0, 0.05) is 0 Å². The van der Waals surface area contributed by atoms with Gasteiger partial charge in [-0.2, -0.15) is 8.78 Å². The molecule has 12 heavy (non-hydrogen) atoms. The maximum Gasteiger partial charge on any atom is 0.364 e. The molecular weight excluding hydrogens is 197 g/mol. The van der Waals surface area contributed by atoms with Gasteiger partial charge in [-0.3, -0.25) is 0 Å². The van der Waals surface area contributed by atoms with Gasteiger partial charge in [-0.05, 0) is 6.42 Å². The van der Waals surface area contributed by atoms with E-state index in [2.05, 4.69) is 0 Å². The van der Waals surface area contributed by atoms with E-state index in [0.717, 1.165) is 6.92 Å². The van der Waals surface area contributed by atoms with Crippen molar-refractivity contribution >= 4 is 10.1 Å². The molecule has 0 aromatic heterocycles. The molecule has 0 N–H and O–H groups in total. The maximum absolute atomic E-state index is 12.1. The highest BCUT2D eigenvalue weighted by molar-refractivity contribution is 7.86. The lowest BCUT2D eigenvalue weighted by Crippen LogP contribution is -2.38. The van der Waals surface area contributed by atoms with Crippen LogP contribution in [0.4, 0.5) is 13.2 Å². The quantitative estimate of drug-likeness (QED) is 0.659. The van der Waals surface area contributed by atoms with Gasteiger partial charge in [0.2, 0.25) is 0 Å². The van der Waals surface area contributed by atoms with Crippen LogP contribution in [-0.4, -0.2) is 24.4 Å². The molecule has 0 aromatic carbocycles. The second-order valence-corrected chi connectivity index (χ2v) is 3.34. The van der Waals surface area contributed by atoms with E-state index in [1.807, 2.05) is 0 Å². The molecule has 0 saturated carbocycles. The fourth-order valence-corrected chi connectivity index (χ4v) is 0.874. The molecule has 0 saturated heterocycles. The van der Waals surface area contributed by atoms with Gasteiger partial charge in [-0.1, -0.05) is 14.4 Å². The summed E-state index contributed by atoms with van der Waals surface area (Å²) in [6, 6.07) is 0. The summed E-state index contributed by atoms with van der Waals surface area (Å²) in [6.45, 7) is 1.02. The SMILES string of the molecule is C.CCC(F)C(F)(F)S(=O)(=O)[O-]. The predicted molar refractivity (Wildman–Crippen MR) is 36.6 cm³/mol. The van der Waals surface area contributed by atoms with E-state index in [0.29, 0.717) is 0 Å². The highest BCUT2D eigenvalue weighted by Gasteiger charge is 2.46. The Bertz CT molecular complexity index is 224. The zero-order valence-electron chi connectivity index (χ0n) is 5.55. The van der Waals surface area contributed by atoms with Crippen molar-refractivity contribution in [1.29, 1.82) is 0 Å². The Kier molecular flexibility index (Phi) is 4.85. The van der Waals surface area contributed by atoms with Gasteiger partial charge in [0.15, 0.2) is 16.3 Å². The van der Waals surface area contributed by atoms with Gasteiger partial charge >= 0.3 is 5.25 Å². The summed E-state index contributed by atoms with van der Waals surface area (Å²) in [6.07, 6.45) is -3.64. The molecule has 0 fully saturated rings. The first-order valence-electron chi connectivity index (χ1n) is 2.70. The fourth-order valence-electron chi connectivity index (χ4n) is 0.394. The molecular formula is C5H10F3O3S-. The van der Waals surface area contributed by atoms with E-state index in [4.69, 9.17) is 0 Å². The minimum atomic E-state index is -5.87. The van der Waals surface area contributed by atoms with Crippen LogP contribution in [0.3, 0.4) is 0 Å². The lowest BCUT2D eigenvalue weighted by Gasteiger charge is -2.22. The van der Waals surface area contributed by atoms with Crippen LogP contribution in [0.25, 0.3) is 0 Å². The minimum absolute atomic E-state index is 0. The Balaban J connectivity index is 0. The van der Waals surface area contributed by atoms with E-state index < -0.39 is 28.0 Å². The fraction of sp³-hybridized carbons (Fsp3) is 1.00. The Morgan fingerprint density at radius 1 is 1.50 bits per heavy atom. The van der Waals surface area contributed by atoms with Crippen molar-refractivity contribution < 1.29 is 26.1 Å². The molecule has 0 aromatic rings. The van der Waals surface area contributed by atoms with Crippen molar-refractivity contribution in [1.82, 2.24) is 0 Å². The summed E-state index contributed by atoms with van der Waals surface area (Å²) >= 11 is 0.